The van der Waals surface area contributed by atoms with Crippen LogP contribution in [-0.4, -0.2) is 23.2 Å². The van der Waals surface area contributed by atoms with Crippen molar-refractivity contribution in [2.75, 3.05) is 0 Å². The van der Waals surface area contributed by atoms with Crippen molar-refractivity contribution in [3.63, 3.8) is 0 Å². The monoisotopic (exact) mass is 312 g/mol. The number of hydrogen-bond donors (Lipinski definition) is 2. The zero-order valence-electron chi connectivity index (χ0n) is 12.9. The van der Waals surface area contributed by atoms with Crippen molar-refractivity contribution in [2.24, 2.45) is 5.10 Å². The Morgan fingerprint density at radius 2 is 1.74 bits per heavy atom. The summed E-state index contributed by atoms with van der Waals surface area (Å²) in [6.07, 6.45) is 4.15. The predicted octanol–water partition coefficient (Wildman–Crippen LogP) is 3.33. The summed E-state index contributed by atoms with van der Waals surface area (Å²) in [7, 11) is 0. The second-order valence-corrected chi connectivity index (χ2v) is 5.32. The van der Waals surface area contributed by atoms with E-state index in [4.69, 9.17) is 5.11 Å². The highest BCUT2D eigenvalue weighted by molar-refractivity contribution is 5.99. The molecule has 0 atom stereocenters. The number of hydrazone groups is 1. The zero-order chi connectivity index (χ0) is 16.5. The molecule has 0 saturated heterocycles. The van der Waals surface area contributed by atoms with Crippen LogP contribution in [0.3, 0.4) is 0 Å². The Labute approximate surface area is 135 Å². The van der Waals surface area contributed by atoms with Crippen molar-refractivity contribution >= 4 is 28.9 Å². The first-order valence-corrected chi connectivity index (χ1v) is 7.68. The van der Waals surface area contributed by atoms with Gasteiger partial charge >= 0.3 is 5.97 Å². The van der Waals surface area contributed by atoms with Gasteiger partial charge in [0, 0.05) is 18.4 Å². The Morgan fingerprint density at radius 3 is 2.57 bits per heavy atom. The summed E-state index contributed by atoms with van der Waals surface area (Å²) in [5, 5.41) is 14.7. The summed E-state index contributed by atoms with van der Waals surface area (Å²) >= 11 is 0. The standard InChI is InChI=1S/C18H20N2O3/c21-17(11-2-1-3-12-18(22)23)20-19-13-15-9-6-8-14-7-4-5-10-16(14)15/h4-10,13H,1-3,11-12H2,(H,20,21)(H,22,23)/b19-13+. The van der Waals surface area contributed by atoms with Gasteiger partial charge in [0.15, 0.2) is 0 Å². The van der Waals surface area contributed by atoms with Gasteiger partial charge in [-0.3, -0.25) is 9.59 Å². The molecule has 1 amide bonds. The normalized spacial score (nSPS) is 11.0. The number of carboxylic acid groups (broad SMARTS) is 1. The Morgan fingerprint density at radius 1 is 1.00 bits per heavy atom. The fourth-order valence-corrected chi connectivity index (χ4v) is 2.33. The van der Waals surface area contributed by atoms with Crippen LogP contribution >= 0.6 is 0 Å². The fourth-order valence-electron chi connectivity index (χ4n) is 2.33. The van der Waals surface area contributed by atoms with Gasteiger partial charge in [-0.25, -0.2) is 5.43 Å². The number of nitrogens with one attached hydrogen (secondary N) is 1. The summed E-state index contributed by atoms with van der Waals surface area (Å²) in [4.78, 5) is 22.0. The summed E-state index contributed by atoms with van der Waals surface area (Å²) in [6, 6.07) is 13.9. The SMILES string of the molecule is O=C(O)CCCCCC(=O)N/N=C/c1cccc2ccccc12. The zero-order valence-corrected chi connectivity index (χ0v) is 12.9. The molecule has 2 rings (SSSR count). The van der Waals surface area contributed by atoms with Crippen molar-refractivity contribution in [2.45, 2.75) is 32.1 Å². The van der Waals surface area contributed by atoms with Gasteiger partial charge in [0.2, 0.25) is 5.91 Å². The molecule has 23 heavy (non-hydrogen) atoms. The van der Waals surface area contributed by atoms with Crippen LogP contribution in [-0.2, 0) is 9.59 Å². The van der Waals surface area contributed by atoms with E-state index in [1.54, 1.807) is 6.21 Å². The molecular weight excluding hydrogens is 292 g/mol. The lowest BCUT2D eigenvalue weighted by Crippen LogP contribution is -2.16. The lowest BCUT2D eigenvalue weighted by atomic mass is 10.1. The van der Waals surface area contributed by atoms with Crippen LogP contribution < -0.4 is 5.43 Å². The molecule has 0 radical (unpaired) electrons. The lowest BCUT2D eigenvalue weighted by molar-refractivity contribution is -0.137. The molecule has 0 saturated carbocycles. The quantitative estimate of drug-likeness (QED) is 0.446. The molecule has 0 heterocycles. The maximum absolute atomic E-state index is 11.7. The number of fused-ring (bicyclic) bond motifs is 1. The van der Waals surface area contributed by atoms with Crippen molar-refractivity contribution in [3.05, 3.63) is 48.0 Å². The summed E-state index contributed by atoms with van der Waals surface area (Å²) in [5.41, 5.74) is 3.46. The molecule has 5 nitrogen and oxygen atoms in total. The van der Waals surface area contributed by atoms with Gasteiger partial charge in [-0.05, 0) is 23.6 Å². The van der Waals surface area contributed by atoms with E-state index >= 15 is 0 Å². The molecule has 5 heteroatoms. The molecular formula is C18H20N2O3. The Balaban J connectivity index is 1.79. The number of amides is 1. The largest absolute Gasteiger partial charge is 0.481 e. The highest BCUT2D eigenvalue weighted by Crippen LogP contribution is 2.16. The molecule has 0 aromatic heterocycles. The van der Waals surface area contributed by atoms with Gasteiger partial charge in [-0.1, -0.05) is 48.9 Å². The van der Waals surface area contributed by atoms with E-state index in [2.05, 4.69) is 10.5 Å². The minimum Gasteiger partial charge on any atom is -0.481 e. The molecule has 0 aliphatic heterocycles. The predicted molar refractivity (Wildman–Crippen MR) is 90.4 cm³/mol. The van der Waals surface area contributed by atoms with E-state index < -0.39 is 5.97 Å². The van der Waals surface area contributed by atoms with Crippen molar-refractivity contribution in [3.8, 4) is 0 Å². The second-order valence-electron chi connectivity index (χ2n) is 5.32. The smallest absolute Gasteiger partial charge is 0.303 e. The topological polar surface area (TPSA) is 78.8 Å². The van der Waals surface area contributed by atoms with Crippen molar-refractivity contribution in [1.82, 2.24) is 5.43 Å². The average Bonchev–Trinajstić information content (AvgIpc) is 2.54. The average molecular weight is 312 g/mol. The number of carboxylic acids is 1. The summed E-state index contributed by atoms with van der Waals surface area (Å²) < 4.78 is 0. The van der Waals surface area contributed by atoms with E-state index in [1.165, 1.54) is 0 Å². The van der Waals surface area contributed by atoms with E-state index in [-0.39, 0.29) is 12.3 Å². The molecule has 2 N–H and O–H groups in total. The molecule has 0 spiro atoms. The van der Waals surface area contributed by atoms with Gasteiger partial charge in [0.05, 0.1) is 6.21 Å². The highest BCUT2D eigenvalue weighted by atomic mass is 16.4. The van der Waals surface area contributed by atoms with Crippen LogP contribution in [0.1, 0.15) is 37.7 Å². The van der Waals surface area contributed by atoms with E-state index in [0.717, 1.165) is 22.8 Å². The Hall–Kier alpha value is -2.69. The molecule has 2 aromatic carbocycles. The van der Waals surface area contributed by atoms with Crippen molar-refractivity contribution in [1.29, 1.82) is 0 Å². The van der Waals surface area contributed by atoms with Gasteiger partial charge < -0.3 is 5.11 Å². The summed E-state index contributed by atoms with van der Waals surface area (Å²) in [6.45, 7) is 0. The van der Waals surface area contributed by atoms with E-state index in [9.17, 15) is 9.59 Å². The summed E-state index contributed by atoms with van der Waals surface area (Å²) in [5.74, 6) is -0.953. The maximum Gasteiger partial charge on any atom is 0.303 e. The second kappa shape index (κ2) is 8.68. The van der Waals surface area contributed by atoms with Gasteiger partial charge in [0.1, 0.15) is 0 Å². The molecule has 0 aliphatic carbocycles. The lowest BCUT2D eigenvalue weighted by Gasteiger charge is -2.02. The van der Waals surface area contributed by atoms with Crippen LogP contribution in [0, 0.1) is 0 Å². The number of benzene rings is 2. The number of rotatable bonds is 8. The molecule has 0 bridgehead atoms. The first-order chi connectivity index (χ1) is 11.2. The third kappa shape index (κ3) is 5.54. The van der Waals surface area contributed by atoms with E-state index in [0.29, 0.717) is 19.3 Å². The number of nitrogens with zero attached hydrogens (tertiary/aromatic N) is 1. The first-order valence-electron chi connectivity index (χ1n) is 7.68. The van der Waals surface area contributed by atoms with Crippen molar-refractivity contribution < 1.29 is 14.7 Å². The Bertz CT molecular complexity index is 705. The molecule has 0 unspecified atom stereocenters. The number of aliphatic carboxylic acids is 1. The van der Waals surface area contributed by atoms with Crippen LogP contribution in [0.5, 0.6) is 0 Å². The third-order valence-electron chi connectivity index (χ3n) is 3.51. The minimum atomic E-state index is -0.797. The molecule has 120 valence electrons. The van der Waals surface area contributed by atoms with Crippen LogP contribution in [0.15, 0.2) is 47.6 Å². The number of unbranched alkanes of at least 4 members (excludes halogenated alkanes) is 2. The highest BCUT2D eigenvalue weighted by Gasteiger charge is 2.01. The number of carbonyl (C=O) groups excluding carboxylic acids is 1. The van der Waals surface area contributed by atoms with Crippen LogP contribution in [0.2, 0.25) is 0 Å². The van der Waals surface area contributed by atoms with Gasteiger partial charge in [-0.2, -0.15) is 5.10 Å². The fraction of sp³-hybridized carbons (Fsp3) is 0.278. The van der Waals surface area contributed by atoms with E-state index in [1.807, 2.05) is 42.5 Å². The molecule has 0 fully saturated rings. The van der Waals surface area contributed by atoms with Gasteiger partial charge in [0.25, 0.3) is 0 Å². The number of hydrogen-bond acceptors (Lipinski definition) is 3. The first kappa shape index (κ1) is 16.7. The van der Waals surface area contributed by atoms with Crippen LogP contribution in [0.4, 0.5) is 0 Å². The minimum absolute atomic E-state index is 0.154. The molecule has 0 aliphatic rings. The Kier molecular flexibility index (Phi) is 6.29. The molecule has 2 aromatic rings. The van der Waals surface area contributed by atoms with Gasteiger partial charge in [-0.15, -0.1) is 0 Å². The third-order valence-corrected chi connectivity index (χ3v) is 3.51. The number of carbonyl (C=O) groups is 2. The maximum atomic E-state index is 11.7. The van der Waals surface area contributed by atoms with Crippen LogP contribution in [0.25, 0.3) is 10.8 Å².